The maximum absolute atomic E-state index is 10.8. The normalized spacial score (nSPS) is 18.4. The van der Waals surface area contributed by atoms with Crippen molar-refractivity contribution >= 4 is 28.3 Å². The third kappa shape index (κ3) is 8.30. The van der Waals surface area contributed by atoms with Crippen molar-refractivity contribution in [3.63, 3.8) is 0 Å². The predicted molar refractivity (Wildman–Crippen MR) is 115 cm³/mol. The number of aryl methyl sites for hydroxylation is 1. The molecule has 2 rings (SSSR count). The second-order valence-corrected chi connectivity index (χ2v) is 8.70. The fourth-order valence-corrected chi connectivity index (χ4v) is 3.85. The summed E-state index contributed by atoms with van der Waals surface area (Å²) in [6, 6.07) is 5.42. The van der Waals surface area contributed by atoms with E-state index in [4.69, 9.17) is 10.1 Å². The first-order chi connectivity index (χ1) is 12.6. The molecular weight excluding hydrogens is 362 g/mol. The van der Waals surface area contributed by atoms with E-state index in [1.54, 1.807) is 44.7 Å². The molecule has 1 atom stereocenters. The molecule has 0 amide bonds. The van der Waals surface area contributed by atoms with Gasteiger partial charge in [0.15, 0.2) is 5.17 Å². The Balaban J connectivity index is 0.000000646. The zero-order valence-corrected chi connectivity index (χ0v) is 18.2. The van der Waals surface area contributed by atoms with Crippen LogP contribution in [0.3, 0.4) is 0 Å². The highest BCUT2D eigenvalue weighted by Crippen LogP contribution is 2.31. The second kappa shape index (κ2) is 10.7. The molecule has 1 N–H and O–H groups in total. The number of benzene rings is 1. The topological polar surface area (TPSA) is 79.0 Å². The molecule has 0 radical (unpaired) electrons. The first-order valence-electron chi connectivity index (χ1n) is 9.52. The third-order valence-corrected chi connectivity index (χ3v) is 5.06. The van der Waals surface area contributed by atoms with Gasteiger partial charge in [-0.25, -0.2) is 4.99 Å². The zero-order valence-electron chi connectivity index (χ0n) is 17.4. The van der Waals surface area contributed by atoms with E-state index in [0.29, 0.717) is 6.04 Å². The molecule has 1 aliphatic rings. The van der Waals surface area contributed by atoms with Crippen molar-refractivity contribution in [2.75, 3.05) is 12.3 Å². The number of nitro benzene ring substituents is 1. The summed E-state index contributed by atoms with van der Waals surface area (Å²) in [5.74, 6) is 1.07. The fraction of sp³-hybridized carbons (Fsp3) is 0.650. The molecule has 1 aliphatic heterocycles. The standard InChI is InChI=1S/C16H23N3O2S.C4H10O/c1-4-6-9-18-13(5-2)11-22-16(18)17-15-8-7-14(19(20)21)10-12(15)3;1-4(2,3)5/h7-8,10,13H,4-6,9,11H2,1-3H3;5H,1-3H3. The summed E-state index contributed by atoms with van der Waals surface area (Å²) in [7, 11) is 0. The van der Waals surface area contributed by atoms with Crippen molar-refractivity contribution in [1.29, 1.82) is 0 Å². The first kappa shape index (κ1) is 23.4. The molecule has 1 unspecified atom stereocenters. The number of amidine groups is 1. The summed E-state index contributed by atoms with van der Waals surface area (Å²) < 4.78 is 0. The average molecular weight is 396 g/mol. The largest absolute Gasteiger partial charge is 0.391 e. The van der Waals surface area contributed by atoms with Crippen molar-refractivity contribution in [2.45, 2.75) is 72.4 Å². The number of nitrogens with zero attached hydrogens (tertiary/aromatic N) is 3. The van der Waals surface area contributed by atoms with Crippen LogP contribution in [0.2, 0.25) is 0 Å². The zero-order chi connectivity index (χ0) is 20.6. The number of nitro groups is 1. The van der Waals surface area contributed by atoms with Crippen LogP contribution in [0.15, 0.2) is 23.2 Å². The minimum atomic E-state index is -0.500. The van der Waals surface area contributed by atoms with E-state index in [2.05, 4.69) is 18.7 Å². The molecule has 27 heavy (non-hydrogen) atoms. The summed E-state index contributed by atoms with van der Waals surface area (Å²) >= 11 is 1.79. The Hall–Kier alpha value is -1.60. The van der Waals surface area contributed by atoms with Crippen molar-refractivity contribution < 1.29 is 10.0 Å². The average Bonchev–Trinajstić information content (AvgIpc) is 2.94. The summed E-state index contributed by atoms with van der Waals surface area (Å²) in [5.41, 5.74) is 1.29. The third-order valence-electron chi connectivity index (χ3n) is 3.92. The number of non-ortho nitro benzene ring substituents is 1. The highest BCUT2D eigenvalue weighted by molar-refractivity contribution is 8.14. The van der Waals surface area contributed by atoms with Gasteiger partial charge in [0.1, 0.15) is 0 Å². The molecule has 1 heterocycles. The van der Waals surface area contributed by atoms with E-state index >= 15 is 0 Å². The monoisotopic (exact) mass is 395 g/mol. The Kier molecular flexibility index (Phi) is 9.26. The van der Waals surface area contributed by atoms with Crippen LogP contribution >= 0.6 is 11.8 Å². The van der Waals surface area contributed by atoms with Crippen molar-refractivity contribution in [3.8, 4) is 0 Å². The van der Waals surface area contributed by atoms with Gasteiger partial charge >= 0.3 is 0 Å². The highest BCUT2D eigenvalue weighted by atomic mass is 32.2. The summed E-state index contributed by atoms with van der Waals surface area (Å²) in [6.07, 6.45) is 3.45. The minimum absolute atomic E-state index is 0.120. The van der Waals surface area contributed by atoms with Gasteiger partial charge in [-0.05, 0) is 52.2 Å². The van der Waals surface area contributed by atoms with Gasteiger partial charge in [0, 0.05) is 30.5 Å². The Morgan fingerprint density at radius 1 is 1.37 bits per heavy atom. The van der Waals surface area contributed by atoms with Gasteiger partial charge in [-0.2, -0.15) is 0 Å². The molecule has 152 valence electrons. The quantitative estimate of drug-likeness (QED) is 0.522. The number of aliphatic hydroxyl groups is 1. The predicted octanol–water partition coefficient (Wildman–Crippen LogP) is 5.30. The lowest BCUT2D eigenvalue weighted by Gasteiger charge is -2.25. The molecule has 1 saturated heterocycles. The first-order valence-corrected chi connectivity index (χ1v) is 10.5. The van der Waals surface area contributed by atoms with Gasteiger partial charge in [0.05, 0.1) is 16.2 Å². The maximum Gasteiger partial charge on any atom is 0.269 e. The number of rotatable bonds is 6. The van der Waals surface area contributed by atoms with Crippen LogP contribution in [-0.4, -0.2) is 44.0 Å². The molecule has 1 aromatic rings. The molecule has 1 fully saturated rings. The highest BCUT2D eigenvalue weighted by Gasteiger charge is 2.28. The van der Waals surface area contributed by atoms with E-state index in [1.165, 1.54) is 12.5 Å². The van der Waals surface area contributed by atoms with Crippen LogP contribution in [0.25, 0.3) is 0 Å². The van der Waals surface area contributed by atoms with E-state index in [-0.39, 0.29) is 10.6 Å². The van der Waals surface area contributed by atoms with Gasteiger partial charge in [-0.1, -0.05) is 32.0 Å². The number of hydrogen-bond donors (Lipinski definition) is 1. The van der Waals surface area contributed by atoms with E-state index in [0.717, 1.165) is 41.6 Å². The van der Waals surface area contributed by atoms with E-state index < -0.39 is 5.60 Å². The molecule has 1 aromatic carbocycles. The van der Waals surface area contributed by atoms with Gasteiger partial charge < -0.3 is 10.0 Å². The molecule has 0 aromatic heterocycles. The molecule has 6 nitrogen and oxygen atoms in total. The molecule has 0 spiro atoms. The number of unbranched alkanes of at least 4 members (excludes halogenated alkanes) is 1. The molecular formula is C20H33N3O3S. The Bertz CT molecular complexity index is 650. The van der Waals surface area contributed by atoms with Crippen LogP contribution in [0.5, 0.6) is 0 Å². The van der Waals surface area contributed by atoms with Gasteiger partial charge in [-0.3, -0.25) is 10.1 Å². The van der Waals surface area contributed by atoms with Gasteiger partial charge in [-0.15, -0.1) is 0 Å². The molecule has 0 aliphatic carbocycles. The van der Waals surface area contributed by atoms with E-state index in [1.807, 2.05) is 6.92 Å². The van der Waals surface area contributed by atoms with Crippen molar-refractivity contribution in [2.24, 2.45) is 4.99 Å². The second-order valence-electron chi connectivity index (χ2n) is 7.71. The number of thioether (sulfide) groups is 1. The molecule has 7 heteroatoms. The lowest BCUT2D eigenvalue weighted by atomic mass is 10.2. The summed E-state index contributed by atoms with van der Waals surface area (Å²) in [6.45, 7) is 12.5. The van der Waals surface area contributed by atoms with Crippen LogP contribution in [0, 0.1) is 17.0 Å². The Morgan fingerprint density at radius 3 is 2.48 bits per heavy atom. The number of aliphatic imine (C=N–C) groups is 1. The minimum Gasteiger partial charge on any atom is -0.391 e. The summed E-state index contributed by atoms with van der Waals surface area (Å²) in [4.78, 5) is 17.6. The lowest BCUT2D eigenvalue weighted by molar-refractivity contribution is -0.384. The lowest BCUT2D eigenvalue weighted by Crippen LogP contribution is -2.34. The smallest absolute Gasteiger partial charge is 0.269 e. The maximum atomic E-state index is 10.8. The van der Waals surface area contributed by atoms with Crippen LogP contribution in [0.1, 0.15) is 59.4 Å². The van der Waals surface area contributed by atoms with Crippen molar-refractivity contribution in [3.05, 3.63) is 33.9 Å². The van der Waals surface area contributed by atoms with Crippen LogP contribution < -0.4 is 0 Å². The molecule has 0 saturated carbocycles. The number of hydrogen-bond acceptors (Lipinski definition) is 5. The van der Waals surface area contributed by atoms with E-state index in [9.17, 15) is 10.1 Å². The van der Waals surface area contributed by atoms with Crippen LogP contribution in [0.4, 0.5) is 11.4 Å². The fourth-order valence-electron chi connectivity index (χ4n) is 2.52. The summed E-state index contributed by atoms with van der Waals surface area (Å²) in [5, 5.41) is 20.4. The van der Waals surface area contributed by atoms with Gasteiger partial charge in [0.25, 0.3) is 5.69 Å². The van der Waals surface area contributed by atoms with Gasteiger partial charge in [0.2, 0.25) is 0 Å². The van der Waals surface area contributed by atoms with Crippen molar-refractivity contribution in [1.82, 2.24) is 4.90 Å². The Labute approximate surface area is 167 Å². The van der Waals surface area contributed by atoms with Crippen LogP contribution in [-0.2, 0) is 0 Å². The molecule has 0 bridgehead atoms. The Morgan fingerprint density at radius 2 is 2.00 bits per heavy atom. The SMILES string of the molecule is CC(C)(C)O.CCCCN1C(=Nc2ccc([N+](=O)[O-])cc2C)SCC1CC.